The van der Waals surface area contributed by atoms with Crippen LogP contribution in [0.4, 0.5) is 4.79 Å². The second-order valence-corrected chi connectivity index (χ2v) is 8.10. The van der Waals surface area contributed by atoms with Crippen molar-refractivity contribution in [1.29, 1.82) is 0 Å². The minimum absolute atomic E-state index is 0.217. The van der Waals surface area contributed by atoms with E-state index < -0.39 is 6.09 Å². The maximum Gasteiger partial charge on any atom is 0.407 e. The molecule has 7 nitrogen and oxygen atoms in total. The summed E-state index contributed by atoms with van der Waals surface area (Å²) in [6.45, 7) is 2.83. The van der Waals surface area contributed by atoms with Gasteiger partial charge >= 0.3 is 6.09 Å². The number of alkyl carbamates (subject to hydrolysis) is 1. The first-order chi connectivity index (χ1) is 17.6. The Hall–Kier alpha value is -4.52. The quantitative estimate of drug-likeness (QED) is 0.275. The molecule has 0 bridgehead atoms. The first-order valence-corrected chi connectivity index (χ1v) is 11.6. The second-order valence-electron chi connectivity index (χ2n) is 8.10. The van der Waals surface area contributed by atoms with Crippen molar-refractivity contribution in [2.75, 3.05) is 6.61 Å². The number of hydrogen-bond acceptors (Lipinski definition) is 6. The van der Waals surface area contributed by atoms with Crippen LogP contribution >= 0.6 is 0 Å². The Morgan fingerprint density at radius 1 is 0.750 bits per heavy atom. The van der Waals surface area contributed by atoms with Crippen LogP contribution < -0.4 is 19.5 Å². The summed E-state index contributed by atoms with van der Waals surface area (Å²) < 4.78 is 22.5. The monoisotopic (exact) mass is 484 g/mol. The van der Waals surface area contributed by atoms with Gasteiger partial charge in [-0.3, -0.25) is 0 Å². The Labute approximate surface area is 210 Å². The number of carbonyl (C=O) groups is 1. The van der Waals surface area contributed by atoms with Gasteiger partial charge in [-0.05, 0) is 48.4 Å². The average Bonchev–Trinajstić information content (AvgIpc) is 2.92. The molecule has 4 aromatic rings. The summed E-state index contributed by atoms with van der Waals surface area (Å²) in [4.78, 5) is 16.2. The van der Waals surface area contributed by atoms with Crippen molar-refractivity contribution in [2.24, 2.45) is 0 Å². The van der Waals surface area contributed by atoms with Crippen molar-refractivity contribution in [1.82, 2.24) is 10.3 Å². The fourth-order valence-corrected chi connectivity index (χ4v) is 3.21. The van der Waals surface area contributed by atoms with E-state index >= 15 is 0 Å². The van der Waals surface area contributed by atoms with Gasteiger partial charge in [0, 0.05) is 6.07 Å². The van der Waals surface area contributed by atoms with Crippen LogP contribution in [0.25, 0.3) is 0 Å². The van der Waals surface area contributed by atoms with Crippen molar-refractivity contribution in [3.05, 3.63) is 114 Å². The van der Waals surface area contributed by atoms with Gasteiger partial charge in [-0.1, -0.05) is 60.7 Å². The molecule has 0 spiro atoms. The van der Waals surface area contributed by atoms with Gasteiger partial charge in [0.15, 0.2) is 0 Å². The van der Waals surface area contributed by atoms with E-state index in [-0.39, 0.29) is 19.3 Å². The maximum absolute atomic E-state index is 12.0. The molecule has 3 aromatic carbocycles. The molecular formula is C29H28N2O5. The van der Waals surface area contributed by atoms with Crippen LogP contribution in [0.3, 0.4) is 0 Å². The molecule has 0 saturated carbocycles. The van der Waals surface area contributed by atoms with E-state index in [1.54, 1.807) is 18.3 Å². The van der Waals surface area contributed by atoms with E-state index in [1.807, 2.05) is 91.9 Å². The normalized spacial score (nSPS) is 11.2. The van der Waals surface area contributed by atoms with Gasteiger partial charge in [0.2, 0.25) is 5.88 Å². The van der Waals surface area contributed by atoms with Crippen molar-refractivity contribution in [2.45, 2.75) is 26.2 Å². The van der Waals surface area contributed by atoms with E-state index in [9.17, 15) is 4.79 Å². The summed E-state index contributed by atoms with van der Waals surface area (Å²) in [7, 11) is 0. The van der Waals surface area contributed by atoms with Crippen molar-refractivity contribution in [3.8, 4) is 23.1 Å². The topological polar surface area (TPSA) is 78.9 Å². The Morgan fingerprint density at radius 2 is 1.36 bits per heavy atom. The molecule has 0 aliphatic rings. The molecule has 7 heteroatoms. The fourth-order valence-electron chi connectivity index (χ4n) is 3.21. The number of benzene rings is 3. The second kappa shape index (κ2) is 12.8. The van der Waals surface area contributed by atoms with Crippen LogP contribution in [-0.2, 0) is 18.0 Å². The molecule has 4 rings (SSSR count). The molecule has 0 fully saturated rings. The maximum atomic E-state index is 12.0. The molecular weight excluding hydrogens is 456 g/mol. The molecule has 1 heterocycles. The van der Waals surface area contributed by atoms with E-state index in [2.05, 4.69) is 10.3 Å². The lowest BCUT2D eigenvalue weighted by Crippen LogP contribution is -2.37. The number of ether oxygens (including phenoxy) is 4. The van der Waals surface area contributed by atoms with E-state index in [1.165, 1.54) is 0 Å². The lowest BCUT2D eigenvalue weighted by Gasteiger charge is -2.15. The van der Waals surface area contributed by atoms with E-state index in [4.69, 9.17) is 18.9 Å². The number of rotatable bonds is 11. The Balaban J connectivity index is 1.17. The molecule has 0 aliphatic carbocycles. The third-order valence-electron chi connectivity index (χ3n) is 5.08. The summed E-state index contributed by atoms with van der Waals surface area (Å²) >= 11 is 0. The van der Waals surface area contributed by atoms with Gasteiger partial charge in [-0.15, -0.1) is 0 Å². The van der Waals surface area contributed by atoms with Crippen LogP contribution in [-0.4, -0.2) is 23.7 Å². The molecule has 0 radical (unpaired) electrons. The zero-order chi connectivity index (χ0) is 25.0. The third-order valence-corrected chi connectivity index (χ3v) is 5.08. The average molecular weight is 485 g/mol. The number of aromatic nitrogens is 1. The highest BCUT2D eigenvalue weighted by Crippen LogP contribution is 2.24. The molecule has 0 aliphatic heterocycles. The van der Waals surface area contributed by atoms with Crippen LogP contribution in [0.2, 0.25) is 0 Å². The fraction of sp³-hybridized carbons (Fsp3) is 0.172. The highest BCUT2D eigenvalue weighted by atomic mass is 16.5. The van der Waals surface area contributed by atoms with Crippen LogP contribution in [0.1, 0.15) is 18.1 Å². The van der Waals surface area contributed by atoms with Crippen molar-refractivity contribution in [3.63, 3.8) is 0 Å². The first kappa shape index (κ1) is 24.6. The number of nitrogens with one attached hydrogen (secondary N) is 1. The van der Waals surface area contributed by atoms with Crippen LogP contribution in [0.5, 0.6) is 23.1 Å². The van der Waals surface area contributed by atoms with Gasteiger partial charge in [-0.2, -0.15) is 0 Å². The minimum atomic E-state index is -0.492. The number of pyridine rings is 1. The predicted molar refractivity (Wildman–Crippen MR) is 136 cm³/mol. The summed E-state index contributed by atoms with van der Waals surface area (Å²) in [5.74, 6) is 2.42. The minimum Gasteiger partial charge on any atom is -0.490 e. The number of carbonyl (C=O) groups excluding carboxylic acids is 1. The number of amides is 1. The molecule has 1 N–H and O–H groups in total. The molecule has 184 valence electrons. The third kappa shape index (κ3) is 8.06. The summed E-state index contributed by atoms with van der Waals surface area (Å²) in [5.41, 5.74) is 2.04. The summed E-state index contributed by atoms with van der Waals surface area (Å²) in [6.07, 6.45) is 1.08. The summed E-state index contributed by atoms with van der Waals surface area (Å²) in [5, 5.41) is 2.75. The van der Waals surface area contributed by atoms with Crippen molar-refractivity contribution < 1.29 is 23.7 Å². The SMILES string of the molecule is CC(COc1ccc(Oc2ccc(OCc3ccccc3)cc2)nc1)NC(=O)OCc1ccccc1. The van der Waals surface area contributed by atoms with Gasteiger partial charge in [0.1, 0.15) is 37.1 Å². The lowest BCUT2D eigenvalue weighted by molar-refractivity contribution is 0.132. The Bertz CT molecular complexity index is 1200. The van der Waals surface area contributed by atoms with Crippen LogP contribution in [0, 0.1) is 0 Å². The molecule has 1 amide bonds. The van der Waals surface area contributed by atoms with Crippen molar-refractivity contribution >= 4 is 6.09 Å². The van der Waals surface area contributed by atoms with Crippen LogP contribution in [0.15, 0.2) is 103 Å². The van der Waals surface area contributed by atoms with Gasteiger partial charge < -0.3 is 24.3 Å². The van der Waals surface area contributed by atoms with E-state index in [0.717, 1.165) is 16.9 Å². The summed E-state index contributed by atoms with van der Waals surface area (Å²) in [6, 6.07) is 30.1. The highest BCUT2D eigenvalue weighted by molar-refractivity contribution is 5.67. The largest absolute Gasteiger partial charge is 0.490 e. The highest BCUT2D eigenvalue weighted by Gasteiger charge is 2.10. The standard InChI is InChI=1S/C29H28N2O5/c1-22(31-29(32)35-21-24-10-6-3-7-11-24)19-33-27-16-17-28(30-18-27)36-26-14-12-25(13-15-26)34-20-23-8-4-2-5-9-23/h2-18,22H,19-21H2,1H3,(H,31,32). The first-order valence-electron chi connectivity index (χ1n) is 11.6. The molecule has 36 heavy (non-hydrogen) atoms. The Kier molecular flexibility index (Phi) is 8.75. The number of nitrogens with zero attached hydrogens (tertiary/aromatic N) is 1. The Morgan fingerprint density at radius 3 is 2.00 bits per heavy atom. The van der Waals surface area contributed by atoms with Gasteiger partial charge in [0.25, 0.3) is 0 Å². The van der Waals surface area contributed by atoms with Gasteiger partial charge in [0.05, 0.1) is 12.2 Å². The van der Waals surface area contributed by atoms with Gasteiger partial charge in [-0.25, -0.2) is 9.78 Å². The zero-order valence-electron chi connectivity index (χ0n) is 20.0. The molecule has 1 unspecified atom stereocenters. The zero-order valence-corrected chi connectivity index (χ0v) is 20.0. The van der Waals surface area contributed by atoms with E-state index in [0.29, 0.717) is 24.0 Å². The lowest BCUT2D eigenvalue weighted by atomic mass is 10.2. The number of hydrogen-bond donors (Lipinski definition) is 1. The smallest absolute Gasteiger partial charge is 0.407 e. The predicted octanol–water partition coefficient (Wildman–Crippen LogP) is 6.15. The molecule has 1 atom stereocenters. The molecule has 1 aromatic heterocycles. The molecule has 0 saturated heterocycles.